The minimum Gasteiger partial charge on any atom is -0.386 e. The van der Waals surface area contributed by atoms with Gasteiger partial charge in [-0.25, -0.2) is 8.78 Å². The summed E-state index contributed by atoms with van der Waals surface area (Å²) in [6.45, 7) is 0.393. The van der Waals surface area contributed by atoms with E-state index in [1.807, 2.05) is 11.4 Å². The molecule has 0 aliphatic heterocycles. The molecule has 2 N–H and O–H groups in total. The van der Waals surface area contributed by atoms with E-state index in [2.05, 4.69) is 21.2 Å². The molecule has 1 unspecified atom stereocenters. The van der Waals surface area contributed by atoms with Gasteiger partial charge in [0.1, 0.15) is 6.10 Å². The highest BCUT2D eigenvalue weighted by Crippen LogP contribution is 2.22. The lowest BCUT2D eigenvalue weighted by molar-refractivity contribution is -0.00338. The van der Waals surface area contributed by atoms with Crippen LogP contribution in [0.2, 0.25) is 0 Å². The summed E-state index contributed by atoms with van der Waals surface area (Å²) >= 11 is 4.85. The molecule has 1 aromatic heterocycles. The first-order chi connectivity index (χ1) is 6.61. The van der Waals surface area contributed by atoms with Gasteiger partial charge in [-0.05, 0) is 27.4 Å². The standard InChI is InChI=1S/C8H10BrF2NOS/c9-5-1-2-14-7(5)4-12-3-6(13)8(10)11/h1-2,6,8,12-13H,3-4H2. The second-order valence-electron chi connectivity index (χ2n) is 2.72. The van der Waals surface area contributed by atoms with E-state index in [1.165, 1.54) is 11.3 Å². The first-order valence-electron chi connectivity index (χ1n) is 4.00. The monoisotopic (exact) mass is 285 g/mol. The number of hydrogen-bond donors (Lipinski definition) is 2. The van der Waals surface area contributed by atoms with E-state index in [9.17, 15) is 8.78 Å². The van der Waals surface area contributed by atoms with Gasteiger partial charge in [-0.1, -0.05) is 0 Å². The minimum absolute atomic E-state index is 0.0952. The Balaban J connectivity index is 2.25. The van der Waals surface area contributed by atoms with E-state index in [0.29, 0.717) is 6.54 Å². The van der Waals surface area contributed by atoms with Gasteiger partial charge < -0.3 is 10.4 Å². The molecule has 80 valence electrons. The second kappa shape index (κ2) is 5.75. The van der Waals surface area contributed by atoms with Crippen molar-refractivity contribution in [1.82, 2.24) is 5.32 Å². The van der Waals surface area contributed by atoms with E-state index >= 15 is 0 Å². The number of alkyl halides is 2. The van der Waals surface area contributed by atoms with Gasteiger partial charge in [-0.3, -0.25) is 0 Å². The second-order valence-corrected chi connectivity index (χ2v) is 4.58. The van der Waals surface area contributed by atoms with Crippen LogP contribution in [-0.4, -0.2) is 24.2 Å². The Kier molecular flexibility index (Phi) is 4.94. The van der Waals surface area contributed by atoms with Crippen molar-refractivity contribution in [3.05, 3.63) is 20.8 Å². The fourth-order valence-electron chi connectivity index (χ4n) is 0.874. The summed E-state index contributed by atoms with van der Waals surface area (Å²) in [5.74, 6) is 0. The zero-order valence-electron chi connectivity index (χ0n) is 7.21. The van der Waals surface area contributed by atoms with Crippen molar-refractivity contribution in [2.24, 2.45) is 0 Å². The molecule has 2 nitrogen and oxygen atoms in total. The molecule has 0 aliphatic carbocycles. The molecule has 6 heteroatoms. The molecule has 1 rings (SSSR count). The molecular weight excluding hydrogens is 276 g/mol. The summed E-state index contributed by atoms with van der Waals surface area (Å²) in [5.41, 5.74) is 0. The Labute approximate surface area is 93.1 Å². The van der Waals surface area contributed by atoms with Gasteiger partial charge in [0, 0.05) is 22.4 Å². The van der Waals surface area contributed by atoms with Crippen LogP contribution in [0.5, 0.6) is 0 Å². The molecule has 0 saturated carbocycles. The molecule has 14 heavy (non-hydrogen) atoms. The van der Waals surface area contributed by atoms with Gasteiger partial charge in [-0.15, -0.1) is 11.3 Å². The van der Waals surface area contributed by atoms with Crippen LogP contribution in [0.15, 0.2) is 15.9 Å². The van der Waals surface area contributed by atoms with E-state index in [1.54, 1.807) is 0 Å². The van der Waals surface area contributed by atoms with E-state index in [0.717, 1.165) is 9.35 Å². The highest BCUT2D eigenvalue weighted by atomic mass is 79.9. The number of aliphatic hydroxyl groups excluding tert-OH is 1. The van der Waals surface area contributed by atoms with Crippen LogP contribution in [-0.2, 0) is 6.54 Å². The van der Waals surface area contributed by atoms with Gasteiger partial charge in [0.25, 0.3) is 6.43 Å². The highest BCUT2D eigenvalue weighted by molar-refractivity contribution is 9.10. The first-order valence-corrected chi connectivity index (χ1v) is 5.67. The zero-order valence-corrected chi connectivity index (χ0v) is 9.62. The van der Waals surface area contributed by atoms with Crippen LogP contribution in [0.4, 0.5) is 8.78 Å². The molecule has 1 aromatic rings. The van der Waals surface area contributed by atoms with E-state index < -0.39 is 12.5 Å². The fraction of sp³-hybridized carbons (Fsp3) is 0.500. The SMILES string of the molecule is OC(CNCc1sccc1Br)C(F)F. The first kappa shape index (κ1) is 12.0. The molecule has 0 radical (unpaired) electrons. The van der Waals surface area contributed by atoms with Gasteiger partial charge in [0.15, 0.2) is 0 Å². The number of rotatable bonds is 5. The summed E-state index contributed by atoms with van der Waals surface area (Å²) in [5, 5.41) is 13.5. The van der Waals surface area contributed by atoms with Crippen molar-refractivity contribution in [2.75, 3.05) is 6.54 Å². The van der Waals surface area contributed by atoms with Crippen molar-refractivity contribution in [3.63, 3.8) is 0 Å². The Morgan fingerprint density at radius 2 is 2.29 bits per heavy atom. The smallest absolute Gasteiger partial charge is 0.265 e. The summed E-state index contributed by atoms with van der Waals surface area (Å²) in [6, 6.07) is 1.89. The Morgan fingerprint density at radius 1 is 1.57 bits per heavy atom. The quantitative estimate of drug-likeness (QED) is 0.870. The fourth-order valence-corrected chi connectivity index (χ4v) is 2.34. The summed E-state index contributed by atoms with van der Waals surface area (Å²) in [6.07, 6.45) is -4.27. The Morgan fingerprint density at radius 3 is 2.79 bits per heavy atom. The predicted octanol–water partition coefficient (Wildman–Crippen LogP) is 2.23. The van der Waals surface area contributed by atoms with Crippen molar-refractivity contribution in [3.8, 4) is 0 Å². The summed E-state index contributed by atoms with van der Waals surface area (Å²) < 4.78 is 24.7. The third kappa shape index (κ3) is 3.61. The molecule has 0 bridgehead atoms. The topological polar surface area (TPSA) is 32.3 Å². The molecule has 0 spiro atoms. The van der Waals surface area contributed by atoms with Crippen molar-refractivity contribution >= 4 is 27.3 Å². The predicted molar refractivity (Wildman–Crippen MR) is 55.7 cm³/mol. The maximum atomic E-state index is 11.9. The molecule has 0 amide bonds. The average Bonchev–Trinajstić information content (AvgIpc) is 2.51. The van der Waals surface area contributed by atoms with Gasteiger partial charge in [0.2, 0.25) is 0 Å². The van der Waals surface area contributed by atoms with Crippen molar-refractivity contribution < 1.29 is 13.9 Å². The van der Waals surface area contributed by atoms with Crippen molar-refractivity contribution in [2.45, 2.75) is 19.1 Å². The summed E-state index contributed by atoms with van der Waals surface area (Å²) in [4.78, 5) is 1.03. The van der Waals surface area contributed by atoms with Crippen LogP contribution in [0, 0.1) is 0 Å². The minimum atomic E-state index is -2.69. The average molecular weight is 286 g/mol. The number of nitrogens with one attached hydrogen (secondary N) is 1. The van der Waals surface area contributed by atoms with Crippen LogP contribution >= 0.6 is 27.3 Å². The number of thiophene rings is 1. The lowest BCUT2D eigenvalue weighted by Gasteiger charge is -2.09. The van der Waals surface area contributed by atoms with E-state index in [4.69, 9.17) is 5.11 Å². The molecule has 1 atom stereocenters. The molecule has 1 heterocycles. The van der Waals surface area contributed by atoms with Crippen LogP contribution in [0.1, 0.15) is 4.88 Å². The van der Waals surface area contributed by atoms with Crippen LogP contribution in [0.25, 0.3) is 0 Å². The largest absolute Gasteiger partial charge is 0.386 e. The number of aliphatic hydroxyl groups is 1. The maximum absolute atomic E-state index is 11.9. The molecular formula is C8H10BrF2NOS. The zero-order chi connectivity index (χ0) is 10.6. The molecule has 0 saturated heterocycles. The molecule has 0 aromatic carbocycles. The Bertz CT molecular complexity index is 282. The van der Waals surface area contributed by atoms with Crippen molar-refractivity contribution in [1.29, 1.82) is 0 Å². The van der Waals surface area contributed by atoms with Gasteiger partial charge in [-0.2, -0.15) is 0 Å². The lowest BCUT2D eigenvalue weighted by atomic mass is 10.3. The summed E-state index contributed by atoms with van der Waals surface area (Å²) in [7, 11) is 0. The highest BCUT2D eigenvalue weighted by Gasteiger charge is 2.15. The van der Waals surface area contributed by atoms with Gasteiger partial charge in [0.05, 0.1) is 0 Å². The van der Waals surface area contributed by atoms with Crippen LogP contribution < -0.4 is 5.32 Å². The normalized spacial score (nSPS) is 13.5. The number of halogens is 3. The third-order valence-electron chi connectivity index (χ3n) is 1.62. The number of hydrogen-bond acceptors (Lipinski definition) is 3. The van der Waals surface area contributed by atoms with E-state index in [-0.39, 0.29) is 6.54 Å². The lowest BCUT2D eigenvalue weighted by Crippen LogP contribution is -2.31. The maximum Gasteiger partial charge on any atom is 0.265 e. The van der Waals surface area contributed by atoms with Crippen LogP contribution in [0.3, 0.4) is 0 Å². The molecule has 0 aliphatic rings. The third-order valence-corrected chi connectivity index (χ3v) is 3.55. The molecule has 0 fully saturated rings. The van der Waals surface area contributed by atoms with Gasteiger partial charge >= 0.3 is 0 Å². The Hall–Kier alpha value is -0.0400.